The Kier molecular flexibility index (Phi) is 4.54. The summed E-state index contributed by atoms with van der Waals surface area (Å²) in [7, 11) is 0. The van der Waals surface area contributed by atoms with E-state index in [-0.39, 0.29) is 11.5 Å². The Morgan fingerprint density at radius 1 is 1.38 bits per heavy atom. The summed E-state index contributed by atoms with van der Waals surface area (Å²) in [5.74, 6) is 0.859. The molecular formula is C15H20ClN3O2. The molecule has 1 heterocycles. The molecule has 0 aliphatic carbocycles. The summed E-state index contributed by atoms with van der Waals surface area (Å²) in [6.07, 6.45) is -0.250. The van der Waals surface area contributed by atoms with Crippen LogP contribution < -0.4 is 5.73 Å². The van der Waals surface area contributed by atoms with Gasteiger partial charge in [0, 0.05) is 6.61 Å². The second kappa shape index (κ2) is 6.03. The average molecular weight is 310 g/mol. The van der Waals surface area contributed by atoms with Crippen LogP contribution in [-0.2, 0) is 4.74 Å². The minimum absolute atomic E-state index is 0.142. The summed E-state index contributed by atoms with van der Waals surface area (Å²) in [5, 5.41) is 4.50. The Hall–Kier alpha value is -1.59. The summed E-state index contributed by atoms with van der Waals surface area (Å²) in [6.45, 7) is 8.71. The van der Waals surface area contributed by atoms with Crippen molar-refractivity contribution in [1.29, 1.82) is 0 Å². The number of hydrogen-bond donors (Lipinski definition) is 1. The molecule has 0 saturated heterocycles. The molecule has 2 rings (SSSR count). The minimum Gasteiger partial charge on any atom is -0.397 e. The second-order valence-corrected chi connectivity index (χ2v) is 6.27. The molecule has 2 N–H and O–H groups in total. The monoisotopic (exact) mass is 309 g/mol. The fourth-order valence-corrected chi connectivity index (χ4v) is 2.23. The van der Waals surface area contributed by atoms with Crippen molar-refractivity contribution < 1.29 is 9.26 Å². The van der Waals surface area contributed by atoms with E-state index in [9.17, 15) is 0 Å². The second-order valence-electron chi connectivity index (χ2n) is 5.86. The maximum absolute atomic E-state index is 6.02. The number of nitrogen functional groups attached to an aromatic ring is 1. The maximum atomic E-state index is 6.02. The van der Waals surface area contributed by atoms with E-state index in [2.05, 4.69) is 30.9 Å². The zero-order valence-electron chi connectivity index (χ0n) is 12.7. The first-order valence-corrected chi connectivity index (χ1v) is 7.22. The lowest BCUT2D eigenvalue weighted by molar-refractivity contribution is -0.0203. The van der Waals surface area contributed by atoms with Crippen LogP contribution in [0.5, 0.6) is 0 Å². The number of nitrogens with two attached hydrogens (primary N) is 1. The molecule has 114 valence electrons. The van der Waals surface area contributed by atoms with E-state index >= 15 is 0 Å². The third-order valence-corrected chi connectivity index (χ3v) is 3.41. The van der Waals surface area contributed by atoms with Gasteiger partial charge in [-0.1, -0.05) is 43.6 Å². The van der Waals surface area contributed by atoms with Crippen molar-refractivity contribution in [3.63, 3.8) is 0 Å². The van der Waals surface area contributed by atoms with Gasteiger partial charge in [0.2, 0.25) is 5.82 Å². The van der Waals surface area contributed by atoms with Crippen molar-refractivity contribution in [2.75, 3.05) is 12.3 Å². The molecule has 0 aliphatic heterocycles. The number of hydrogen-bond acceptors (Lipinski definition) is 5. The molecule has 0 fully saturated rings. The minimum atomic E-state index is -0.250. The van der Waals surface area contributed by atoms with Crippen molar-refractivity contribution in [3.8, 4) is 11.5 Å². The molecule has 1 atom stereocenters. The molecule has 0 bridgehead atoms. The van der Waals surface area contributed by atoms with Gasteiger partial charge < -0.3 is 15.0 Å². The fraction of sp³-hybridized carbons (Fsp3) is 0.467. The summed E-state index contributed by atoms with van der Waals surface area (Å²) >= 11 is 6.02. The Morgan fingerprint density at radius 2 is 2.10 bits per heavy atom. The van der Waals surface area contributed by atoms with E-state index in [0.29, 0.717) is 34.6 Å². The predicted octanol–water partition coefficient (Wildman–Crippen LogP) is 4.10. The smallest absolute Gasteiger partial charge is 0.260 e. The fourth-order valence-electron chi connectivity index (χ4n) is 2.05. The van der Waals surface area contributed by atoms with Gasteiger partial charge in [-0.15, -0.1) is 0 Å². The molecule has 5 nitrogen and oxygen atoms in total. The molecule has 0 saturated carbocycles. The molecule has 6 heteroatoms. The molecule has 0 amide bonds. The van der Waals surface area contributed by atoms with Crippen molar-refractivity contribution in [1.82, 2.24) is 10.1 Å². The number of aromatic nitrogens is 2. The predicted molar refractivity (Wildman–Crippen MR) is 83.0 cm³/mol. The quantitative estimate of drug-likeness (QED) is 0.861. The Bertz CT molecular complexity index is 620. The molecule has 1 aromatic heterocycles. The van der Waals surface area contributed by atoms with Crippen LogP contribution in [0.2, 0.25) is 5.02 Å². The standard InChI is InChI=1S/C15H20ClN3O2/c1-5-20-12(15(2,3)4)13-18-14(21-19-13)9-7-6-8-10(16)11(9)17/h6-8,12H,5,17H2,1-4H3. The number of anilines is 1. The van der Waals surface area contributed by atoms with E-state index in [1.165, 1.54) is 0 Å². The van der Waals surface area contributed by atoms with Gasteiger partial charge in [-0.3, -0.25) is 0 Å². The maximum Gasteiger partial charge on any atom is 0.260 e. The molecule has 2 aromatic rings. The summed E-state index contributed by atoms with van der Waals surface area (Å²) in [5.41, 5.74) is 6.87. The van der Waals surface area contributed by atoms with Crippen LogP contribution in [0.4, 0.5) is 5.69 Å². The van der Waals surface area contributed by atoms with Gasteiger partial charge in [0.05, 0.1) is 16.3 Å². The largest absolute Gasteiger partial charge is 0.397 e. The highest BCUT2D eigenvalue weighted by Gasteiger charge is 2.31. The van der Waals surface area contributed by atoms with Crippen molar-refractivity contribution in [2.24, 2.45) is 5.41 Å². The van der Waals surface area contributed by atoms with Gasteiger partial charge in [0.15, 0.2) is 0 Å². The first-order valence-electron chi connectivity index (χ1n) is 6.84. The first-order chi connectivity index (χ1) is 9.84. The molecule has 1 aromatic carbocycles. The van der Waals surface area contributed by atoms with Gasteiger partial charge in [0.25, 0.3) is 5.89 Å². The zero-order chi connectivity index (χ0) is 15.6. The number of para-hydroxylation sites is 1. The van der Waals surface area contributed by atoms with Gasteiger partial charge in [-0.05, 0) is 24.5 Å². The van der Waals surface area contributed by atoms with Gasteiger partial charge in [-0.25, -0.2) is 0 Å². The normalized spacial score (nSPS) is 13.4. The molecule has 0 aliphatic rings. The highest BCUT2D eigenvalue weighted by atomic mass is 35.5. The molecule has 1 unspecified atom stereocenters. The lowest BCUT2D eigenvalue weighted by Crippen LogP contribution is -2.22. The van der Waals surface area contributed by atoms with Crippen LogP contribution >= 0.6 is 11.6 Å². The highest BCUT2D eigenvalue weighted by molar-refractivity contribution is 6.33. The molecular weight excluding hydrogens is 290 g/mol. The number of nitrogens with zero attached hydrogens (tertiary/aromatic N) is 2. The molecule has 21 heavy (non-hydrogen) atoms. The average Bonchev–Trinajstić information content (AvgIpc) is 2.87. The third kappa shape index (κ3) is 3.36. The number of halogens is 1. The Labute approximate surface area is 129 Å². The van der Waals surface area contributed by atoms with E-state index in [1.807, 2.05) is 6.92 Å². The lowest BCUT2D eigenvalue weighted by atomic mass is 9.88. The van der Waals surface area contributed by atoms with Crippen LogP contribution in [0.25, 0.3) is 11.5 Å². The zero-order valence-corrected chi connectivity index (χ0v) is 13.4. The van der Waals surface area contributed by atoms with Gasteiger partial charge in [-0.2, -0.15) is 4.98 Å². The molecule has 0 radical (unpaired) electrons. The first kappa shape index (κ1) is 15.8. The van der Waals surface area contributed by atoms with Crippen LogP contribution in [0.15, 0.2) is 22.7 Å². The molecule has 0 spiro atoms. The summed E-state index contributed by atoms with van der Waals surface area (Å²) < 4.78 is 11.1. The van der Waals surface area contributed by atoms with Gasteiger partial charge in [0.1, 0.15) is 6.10 Å². The van der Waals surface area contributed by atoms with Crippen LogP contribution in [0, 0.1) is 5.41 Å². The summed E-state index contributed by atoms with van der Waals surface area (Å²) in [6, 6.07) is 5.31. The van der Waals surface area contributed by atoms with Crippen molar-refractivity contribution >= 4 is 17.3 Å². The lowest BCUT2D eigenvalue weighted by Gasteiger charge is -2.27. The Morgan fingerprint density at radius 3 is 2.71 bits per heavy atom. The number of benzene rings is 1. The SMILES string of the molecule is CCOC(c1noc(-c2cccc(Cl)c2N)n1)C(C)(C)C. The summed E-state index contributed by atoms with van der Waals surface area (Å²) in [4.78, 5) is 4.43. The Balaban J connectivity index is 2.39. The van der Waals surface area contributed by atoms with E-state index < -0.39 is 0 Å². The van der Waals surface area contributed by atoms with E-state index in [0.717, 1.165) is 0 Å². The van der Waals surface area contributed by atoms with Gasteiger partial charge >= 0.3 is 0 Å². The van der Waals surface area contributed by atoms with Crippen molar-refractivity contribution in [3.05, 3.63) is 29.0 Å². The number of rotatable bonds is 4. The van der Waals surface area contributed by atoms with E-state index in [1.54, 1.807) is 18.2 Å². The topological polar surface area (TPSA) is 74.2 Å². The van der Waals surface area contributed by atoms with Crippen LogP contribution in [0.1, 0.15) is 39.6 Å². The number of ether oxygens (including phenoxy) is 1. The van der Waals surface area contributed by atoms with Crippen molar-refractivity contribution in [2.45, 2.75) is 33.8 Å². The highest BCUT2D eigenvalue weighted by Crippen LogP contribution is 2.36. The van der Waals surface area contributed by atoms with Crippen LogP contribution in [0.3, 0.4) is 0 Å². The van der Waals surface area contributed by atoms with E-state index in [4.69, 9.17) is 26.6 Å². The third-order valence-electron chi connectivity index (χ3n) is 3.08. The van der Waals surface area contributed by atoms with Crippen LogP contribution in [-0.4, -0.2) is 16.7 Å².